The van der Waals surface area contributed by atoms with Gasteiger partial charge in [-0.1, -0.05) is 36.7 Å². The van der Waals surface area contributed by atoms with E-state index in [1.54, 1.807) is 0 Å². The van der Waals surface area contributed by atoms with Gasteiger partial charge in [-0.15, -0.1) is 0 Å². The summed E-state index contributed by atoms with van der Waals surface area (Å²) in [5.74, 6) is 1.45. The number of ether oxygens (including phenoxy) is 2. The van der Waals surface area contributed by atoms with E-state index in [9.17, 15) is 14.1 Å². The molecule has 2 aliphatic rings. The van der Waals surface area contributed by atoms with Crippen LogP contribution in [0.15, 0.2) is 24.3 Å². The van der Waals surface area contributed by atoms with E-state index in [1.807, 2.05) is 31.2 Å². The molecule has 0 spiro atoms. The summed E-state index contributed by atoms with van der Waals surface area (Å²) in [5.41, 5.74) is 1.91. The van der Waals surface area contributed by atoms with Crippen LogP contribution in [0.2, 0.25) is 0 Å². The van der Waals surface area contributed by atoms with Gasteiger partial charge in [-0.25, -0.2) is 9.59 Å². The van der Waals surface area contributed by atoms with E-state index >= 15 is 0 Å². The van der Waals surface area contributed by atoms with Crippen molar-refractivity contribution in [2.75, 3.05) is 29.6 Å². The molecule has 2 aliphatic heterocycles. The number of hydrogen-bond donors (Lipinski definition) is 0. The standard InChI is InChI=1S/C19H25NO5S/c1-2-3-10-24-18(21)17-13-20(19(22)25-17)16-6-4-14(5-7-16)15-8-11-26(23)12-9-15/h4-7,15,17H,2-3,8-13H2,1H3/t15-,17-,26+/m1/s1. The number of amides is 1. The Morgan fingerprint density at radius 2 is 2.00 bits per heavy atom. The van der Waals surface area contributed by atoms with E-state index in [1.165, 1.54) is 10.5 Å². The topological polar surface area (TPSA) is 78.9 Å². The van der Waals surface area contributed by atoms with Gasteiger partial charge in [-0.2, -0.15) is 0 Å². The van der Waals surface area contributed by atoms with Crippen LogP contribution < -0.4 is 4.90 Å². The first-order valence-electron chi connectivity index (χ1n) is 9.18. The van der Waals surface area contributed by atoms with Crippen LogP contribution in [0.4, 0.5) is 10.5 Å². The molecule has 0 bridgehead atoms. The van der Waals surface area contributed by atoms with Crippen LogP contribution in [0.25, 0.3) is 0 Å². The monoisotopic (exact) mass is 379 g/mol. The van der Waals surface area contributed by atoms with E-state index < -0.39 is 29.3 Å². The zero-order valence-corrected chi connectivity index (χ0v) is 15.8. The van der Waals surface area contributed by atoms with Crippen molar-refractivity contribution in [2.45, 2.75) is 44.6 Å². The van der Waals surface area contributed by atoms with Crippen LogP contribution in [-0.4, -0.2) is 47.4 Å². The maximum Gasteiger partial charge on any atom is 0.415 e. The minimum atomic E-state index is -0.868. The smallest absolute Gasteiger partial charge is 0.415 e. The lowest BCUT2D eigenvalue weighted by molar-refractivity contribution is -0.151. The maximum atomic E-state index is 12.1. The molecule has 26 heavy (non-hydrogen) atoms. The summed E-state index contributed by atoms with van der Waals surface area (Å²) in [4.78, 5) is 25.5. The number of cyclic esters (lactones) is 1. The molecule has 142 valence electrons. The summed E-state index contributed by atoms with van der Waals surface area (Å²) in [7, 11) is 0. The zero-order valence-electron chi connectivity index (χ0n) is 15.0. The van der Waals surface area contributed by atoms with Gasteiger partial charge in [0.25, 0.3) is 0 Å². The van der Waals surface area contributed by atoms with Crippen molar-refractivity contribution < 1.29 is 23.6 Å². The van der Waals surface area contributed by atoms with Crippen molar-refractivity contribution in [1.29, 1.82) is 0 Å². The van der Waals surface area contributed by atoms with Gasteiger partial charge in [0, 0.05) is 5.69 Å². The highest BCUT2D eigenvalue weighted by molar-refractivity contribution is 7.91. The van der Waals surface area contributed by atoms with E-state index in [0.29, 0.717) is 18.2 Å². The molecule has 0 aliphatic carbocycles. The van der Waals surface area contributed by atoms with Crippen molar-refractivity contribution >= 4 is 28.9 Å². The third-order valence-corrected chi connectivity index (χ3v) is 6.26. The van der Waals surface area contributed by atoms with Crippen molar-refractivity contribution in [2.24, 2.45) is 0 Å². The molecule has 1 aromatic carbocycles. The fourth-order valence-electron chi connectivity index (χ4n) is 3.26. The third-order valence-electron chi connectivity index (χ3n) is 4.88. The summed E-state index contributed by atoms with van der Waals surface area (Å²) < 4.78 is 21.8. The second kappa shape index (κ2) is 8.77. The molecule has 2 heterocycles. The van der Waals surface area contributed by atoms with Gasteiger partial charge in [-0.3, -0.25) is 4.90 Å². The van der Waals surface area contributed by atoms with Crippen molar-refractivity contribution in [3.05, 3.63) is 29.8 Å². The van der Waals surface area contributed by atoms with E-state index in [-0.39, 0.29) is 6.54 Å². The molecule has 0 unspecified atom stereocenters. The first-order chi connectivity index (χ1) is 12.6. The number of anilines is 1. The highest BCUT2D eigenvalue weighted by Crippen LogP contribution is 2.31. The first-order valence-corrected chi connectivity index (χ1v) is 10.7. The number of nitrogens with zero attached hydrogens (tertiary/aromatic N) is 1. The quantitative estimate of drug-likeness (QED) is 0.431. The average Bonchev–Trinajstić information content (AvgIpc) is 3.04. The average molecular weight is 379 g/mol. The number of hydrogen-bond acceptors (Lipinski definition) is 5. The lowest BCUT2D eigenvalue weighted by Gasteiger charge is -2.24. The third kappa shape index (κ3) is 4.51. The molecule has 0 radical (unpaired) electrons. The van der Waals surface area contributed by atoms with Crippen LogP contribution in [0.5, 0.6) is 0 Å². The Kier molecular flexibility index (Phi) is 6.43. The number of carbonyl (C=O) groups excluding carboxylic acids is 2. The fraction of sp³-hybridized carbons (Fsp3) is 0.579. The van der Waals surface area contributed by atoms with E-state index in [4.69, 9.17) is 9.47 Å². The molecule has 0 N–H and O–H groups in total. The Bertz CT molecular complexity index is 627. The molecule has 2 saturated heterocycles. The van der Waals surface area contributed by atoms with Gasteiger partial charge in [0.05, 0.1) is 13.2 Å². The lowest BCUT2D eigenvalue weighted by atomic mass is 9.93. The minimum Gasteiger partial charge on any atom is -0.616 e. The van der Waals surface area contributed by atoms with Gasteiger partial charge < -0.3 is 14.0 Å². The van der Waals surface area contributed by atoms with Crippen LogP contribution in [-0.2, 0) is 25.4 Å². The van der Waals surface area contributed by atoms with Gasteiger partial charge in [0.15, 0.2) is 0 Å². The van der Waals surface area contributed by atoms with Gasteiger partial charge in [-0.05, 0) is 42.9 Å². The minimum absolute atomic E-state index is 0.172. The van der Waals surface area contributed by atoms with Crippen molar-refractivity contribution in [1.82, 2.24) is 0 Å². The Hall–Kier alpha value is -1.73. The molecular formula is C19H25NO5S. The van der Waals surface area contributed by atoms with Crippen molar-refractivity contribution in [3.63, 3.8) is 0 Å². The van der Waals surface area contributed by atoms with E-state index in [0.717, 1.165) is 37.2 Å². The normalized spacial score (nSPS) is 25.8. The highest BCUT2D eigenvalue weighted by atomic mass is 32.2. The summed E-state index contributed by atoms with van der Waals surface area (Å²) in [6.07, 6.45) is 2.21. The van der Waals surface area contributed by atoms with Gasteiger partial charge in [0.2, 0.25) is 6.10 Å². The summed E-state index contributed by atoms with van der Waals surface area (Å²) in [6.45, 7) is 2.54. The number of carbonyl (C=O) groups is 2. The predicted molar refractivity (Wildman–Crippen MR) is 99.8 cm³/mol. The summed E-state index contributed by atoms with van der Waals surface area (Å²) in [5, 5.41) is 0. The molecule has 1 aromatic rings. The maximum absolute atomic E-state index is 12.1. The Balaban J connectivity index is 1.58. The summed E-state index contributed by atoms with van der Waals surface area (Å²) >= 11 is -0.671. The second-order valence-corrected chi connectivity index (χ2v) is 8.41. The lowest BCUT2D eigenvalue weighted by Crippen LogP contribution is -2.29. The molecule has 2 fully saturated rings. The summed E-state index contributed by atoms with van der Waals surface area (Å²) in [6, 6.07) is 7.78. The van der Waals surface area contributed by atoms with Crippen LogP contribution in [0.3, 0.4) is 0 Å². The van der Waals surface area contributed by atoms with E-state index in [2.05, 4.69) is 0 Å². The van der Waals surface area contributed by atoms with Crippen LogP contribution in [0, 0.1) is 0 Å². The number of rotatable bonds is 6. The Morgan fingerprint density at radius 3 is 2.65 bits per heavy atom. The van der Waals surface area contributed by atoms with Crippen LogP contribution in [0.1, 0.15) is 44.1 Å². The molecule has 1 amide bonds. The largest absolute Gasteiger partial charge is 0.616 e. The highest BCUT2D eigenvalue weighted by Gasteiger charge is 2.38. The molecule has 6 nitrogen and oxygen atoms in total. The molecule has 7 heteroatoms. The fourth-order valence-corrected chi connectivity index (χ4v) is 4.56. The molecule has 0 aromatic heterocycles. The Morgan fingerprint density at radius 1 is 1.31 bits per heavy atom. The number of benzene rings is 1. The molecule has 0 saturated carbocycles. The van der Waals surface area contributed by atoms with Crippen LogP contribution >= 0.6 is 0 Å². The van der Waals surface area contributed by atoms with Gasteiger partial charge in [0.1, 0.15) is 11.5 Å². The van der Waals surface area contributed by atoms with Gasteiger partial charge >= 0.3 is 12.1 Å². The first kappa shape index (κ1) is 19.0. The SMILES string of the molecule is CCCCOC(=O)[C@H]1CN(c2ccc([C@H]3CC[S@@+]([O-])CC3)cc2)C(=O)O1. The molecule has 3 rings (SSSR count). The number of unbranched alkanes of at least 4 members (excludes halogenated alkanes) is 1. The second-order valence-electron chi connectivity index (χ2n) is 6.72. The van der Waals surface area contributed by atoms with Crippen molar-refractivity contribution in [3.8, 4) is 0 Å². The zero-order chi connectivity index (χ0) is 18.5. The Labute approximate surface area is 157 Å². The predicted octanol–water partition coefficient (Wildman–Crippen LogP) is 2.98. The molecule has 1 atom stereocenters. The molecular weight excluding hydrogens is 354 g/mol. The number of esters is 1.